The first-order chi connectivity index (χ1) is 12.2. The summed E-state index contributed by atoms with van der Waals surface area (Å²) in [6.45, 7) is 1.73. The maximum Gasteiger partial charge on any atom is 0.586 e. The van der Waals surface area contributed by atoms with Gasteiger partial charge < -0.3 is 20.1 Å². The number of nitrogens with two attached hydrogens (primary N) is 1. The van der Waals surface area contributed by atoms with Gasteiger partial charge in [-0.15, -0.1) is 8.78 Å². The number of fused-ring (bicyclic) bond motifs is 1. The third-order valence-corrected chi connectivity index (χ3v) is 3.81. The van der Waals surface area contributed by atoms with Gasteiger partial charge in [-0.2, -0.15) is 0 Å². The van der Waals surface area contributed by atoms with E-state index in [1.54, 1.807) is 12.2 Å². The van der Waals surface area contributed by atoms with Crippen LogP contribution in [-0.2, 0) is 4.79 Å². The smallest absolute Gasteiger partial charge is 0.395 e. The highest BCUT2D eigenvalue weighted by molar-refractivity contribution is 5.91. The molecule has 2 aromatic rings. The van der Waals surface area contributed by atoms with Gasteiger partial charge in [0.15, 0.2) is 29.7 Å². The van der Waals surface area contributed by atoms with E-state index in [1.807, 2.05) is 0 Å². The summed E-state index contributed by atoms with van der Waals surface area (Å²) in [6.07, 6.45) is -3.72. The fourth-order valence-corrected chi connectivity index (χ4v) is 2.45. The number of alkyl halides is 2. The van der Waals surface area contributed by atoms with Gasteiger partial charge in [-0.25, -0.2) is 8.78 Å². The van der Waals surface area contributed by atoms with Crippen LogP contribution < -0.4 is 20.1 Å². The largest absolute Gasteiger partial charge is 0.586 e. The summed E-state index contributed by atoms with van der Waals surface area (Å²) in [7, 11) is 0. The molecule has 1 heterocycles. The minimum Gasteiger partial charge on any atom is -0.395 e. The Kier molecular flexibility index (Phi) is 4.73. The summed E-state index contributed by atoms with van der Waals surface area (Å²) in [5.41, 5.74) is 0.797. The van der Waals surface area contributed by atoms with E-state index in [0.717, 1.165) is 12.1 Å². The first-order valence-corrected chi connectivity index (χ1v) is 7.71. The topological polar surface area (TPSA) is 64.2 Å². The number of carbonyl (C=O) groups excluding carboxylic acids is 1. The van der Waals surface area contributed by atoms with Crippen molar-refractivity contribution in [2.75, 3.05) is 11.9 Å². The molecule has 1 aliphatic heterocycles. The summed E-state index contributed by atoms with van der Waals surface area (Å²) < 4.78 is 60.7. The normalized spacial score (nSPS) is 15.6. The van der Waals surface area contributed by atoms with Crippen LogP contribution in [0.1, 0.15) is 18.5 Å². The molecule has 0 spiro atoms. The minimum atomic E-state index is -3.72. The maximum atomic E-state index is 13.2. The summed E-state index contributed by atoms with van der Waals surface area (Å²) in [5, 5.41) is 4.17. The average Bonchev–Trinajstić information content (AvgIpc) is 2.88. The van der Waals surface area contributed by atoms with Crippen molar-refractivity contribution in [1.29, 1.82) is 0 Å². The van der Waals surface area contributed by atoms with E-state index in [-0.39, 0.29) is 29.8 Å². The summed E-state index contributed by atoms with van der Waals surface area (Å²) in [4.78, 5) is 12.0. The van der Waals surface area contributed by atoms with Gasteiger partial charge in [0.25, 0.3) is 5.91 Å². The maximum absolute atomic E-state index is 13.2. The number of benzene rings is 2. The van der Waals surface area contributed by atoms with Crippen molar-refractivity contribution in [2.45, 2.75) is 19.3 Å². The summed E-state index contributed by atoms with van der Waals surface area (Å²) in [6, 6.07) is 7.15. The molecule has 1 aliphatic rings. The lowest BCUT2D eigenvalue weighted by Crippen LogP contribution is -2.86. The zero-order valence-electron chi connectivity index (χ0n) is 13.6. The number of amides is 1. The van der Waals surface area contributed by atoms with Gasteiger partial charge in [0, 0.05) is 17.3 Å². The molecule has 26 heavy (non-hydrogen) atoms. The number of nitrogens with one attached hydrogen (secondary N) is 1. The first-order valence-electron chi connectivity index (χ1n) is 7.71. The molecule has 0 saturated carbocycles. The van der Waals surface area contributed by atoms with Crippen molar-refractivity contribution >= 4 is 11.6 Å². The predicted octanol–water partition coefficient (Wildman–Crippen LogP) is 2.55. The van der Waals surface area contributed by atoms with Crippen LogP contribution in [0.3, 0.4) is 0 Å². The molecule has 0 unspecified atom stereocenters. The number of ether oxygens (including phenoxy) is 2. The summed E-state index contributed by atoms with van der Waals surface area (Å²) >= 11 is 0. The lowest BCUT2D eigenvalue weighted by molar-refractivity contribution is -0.682. The molecule has 2 aromatic carbocycles. The Bertz CT molecular complexity index is 845. The van der Waals surface area contributed by atoms with Crippen LogP contribution in [0, 0.1) is 11.6 Å². The van der Waals surface area contributed by atoms with E-state index >= 15 is 0 Å². The molecule has 0 aliphatic carbocycles. The second kappa shape index (κ2) is 6.83. The van der Waals surface area contributed by atoms with Gasteiger partial charge in [0.05, 0.1) is 0 Å². The number of hydrogen-bond acceptors (Lipinski definition) is 3. The van der Waals surface area contributed by atoms with E-state index in [4.69, 9.17) is 0 Å². The Balaban J connectivity index is 1.55. The Hall–Kier alpha value is -2.81. The number of rotatable bonds is 5. The molecule has 0 fully saturated rings. The van der Waals surface area contributed by atoms with Crippen LogP contribution in [0.5, 0.6) is 11.5 Å². The van der Waals surface area contributed by atoms with Crippen LogP contribution in [0.15, 0.2) is 36.4 Å². The van der Waals surface area contributed by atoms with Crippen LogP contribution >= 0.6 is 0 Å². The average molecular weight is 371 g/mol. The summed E-state index contributed by atoms with van der Waals surface area (Å²) in [5.74, 6) is -2.58. The Morgan fingerprint density at radius 2 is 1.85 bits per heavy atom. The molecule has 0 aromatic heterocycles. The highest BCUT2D eigenvalue weighted by Crippen LogP contribution is 2.42. The van der Waals surface area contributed by atoms with Crippen LogP contribution in [0.2, 0.25) is 0 Å². The molecular weight excluding hydrogens is 356 g/mol. The van der Waals surface area contributed by atoms with Crippen LogP contribution in [0.4, 0.5) is 23.2 Å². The fraction of sp³-hybridized carbons (Fsp3) is 0.235. The number of quaternary nitrogens is 1. The number of hydrogen-bond donors (Lipinski definition) is 2. The Labute approximate surface area is 145 Å². The third kappa shape index (κ3) is 4.05. The second-order valence-electron chi connectivity index (χ2n) is 5.78. The molecule has 5 nitrogen and oxygen atoms in total. The molecule has 9 heteroatoms. The van der Waals surface area contributed by atoms with Gasteiger partial charge in [-0.3, -0.25) is 4.79 Å². The van der Waals surface area contributed by atoms with Crippen LogP contribution in [-0.4, -0.2) is 18.7 Å². The van der Waals surface area contributed by atoms with E-state index < -0.39 is 23.8 Å². The van der Waals surface area contributed by atoms with Crippen molar-refractivity contribution in [1.82, 2.24) is 0 Å². The van der Waals surface area contributed by atoms with Crippen molar-refractivity contribution < 1.29 is 37.1 Å². The standard InChI is InChI=1S/C17H14F4N2O3/c1-9(10-2-4-12(18)13(19)6-10)22-8-16(24)23-11-3-5-14-15(7-11)26-17(20,21)25-14/h2-7,9,22H,8H2,1H3,(H,23,24)/p+1/t9-/m0/s1. The van der Waals surface area contributed by atoms with E-state index in [9.17, 15) is 22.4 Å². The molecule has 0 radical (unpaired) electrons. The zero-order valence-corrected chi connectivity index (χ0v) is 13.6. The van der Waals surface area contributed by atoms with E-state index in [2.05, 4.69) is 14.8 Å². The number of halogens is 4. The van der Waals surface area contributed by atoms with Crippen molar-refractivity contribution in [3.63, 3.8) is 0 Å². The highest BCUT2D eigenvalue weighted by atomic mass is 19.3. The van der Waals surface area contributed by atoms with E-state index in [0.29, 0.717) is 5.56 Å². The quantitative estimate of drug-likeness (QED) is 0.794. The Morgan fingerprint density at radius 3 is 2.58 bits per heavy atom. The van der Waals surface area contributed by atoms with Crippen LogP contribution in [0.25, 0.3) is 0 Å². The Morgan fingerprint density at radius 1 is 1.12 bits per heavy atom. The zero-order chi connectivity index (χ0) is 18.9. The molecule has 3 N–H and O–H groups in total. The second-order valence-corrected chi connectivity index (χ2v) is 5.78. The van der Waals surface area contributed by atoms with E-state index in [1.165, 1.54) is 24.3 Å². The molecule has 1 amide bonds. The monoisotopic (exact) mass is 371 g/mol. The SMILES string of the molecule is C[C@H]([NH2+]CC(=O)Nc1ccc2c(c1)OC(F)(F)O2)c1ccc(F)c(F)c1. The first kappa shape index (κ1) is 18.0. The van der Waals surface area contributed by atoms with Gasteiger partial charge in [-0.05, 0) is 37.3 Å². The minimum absolute atomic E-state index is 0.00916. The molecule has 138 valence electrons. The van der Waals surface area contributed by atoms with Gasteiger partial charge >= 0.3 is 6.29 Å². The molecular formula is C17H15F4N2O3+. The van der Waals surface area contributed by atoms with Gasteiger partial charge in [0.2, 0.25) is 0 Å². The molecule has 3 rings (SSSR count). The predicted molar refractivity (Wildman–Crippen MR) is 82.8 cm³/mol. The lowest BCUT2D eigenvalue weighted by atomic mass is 10.1. The van der Waals surface area contributed by atoms with Gasteiger partial charge in [-0.1, -0.05) is 0 Å². The van der Waals surface area contributed by atoms with Gasteiger partial charge in [0.1, 0.15) is 6.04 Å². The van der Waals surface area contributed by atoms with Crippen molar-refractivity contribution in [3.05, 3.63) is 53.6 Å². The number of anilines is 1. The van der Waals surface area contributed by atoms with Crippen molar-refractivity contribution in [3.8, 4) is 11.5 Å². The molecule has 1 atom stereocenters. The highest BCUT2D eigenvalue weighted by Gasteiger charge is 2.43. The molecule has 0 bridgehead atoms. The lowest BCUT2D eigenvalue weighted by Gasteiger charge is -2.11. The fourth-order valence-electron chi connectivity index (χ4n) is 2.45. The molecule has 0 saturated heterocycles. The third-order valence-electron chi connectivity index (χ3n) is 3.81. The number of carbonyl (C=O) groups is 1. The van der Waals surface area contributed by atoms with Crippen molar-refractivity contribution in [2.24, 2.45) is 0 Å².